The van der Waals surface area contributed by atoms with Gasteiger partial charge < -0.3 is 4.74 Å². The molecular weight excluding hydrogens is 308 g/mol. The van der Waals surface area contributed by atoms with Crippen molar-refractivity contribution in [2.75, 3.05) is 0 Å². The Morgan fingerprint density at radius 2 is 2.00 bits per heavy atom. The zero-order valence-corrected chi connectivity index (χ0v) is 12.9. The van der Waals surface area contributed by atoms with Gasteiger partial charge in [-0.15, -0.1) is 0 Å². The standard InChI is InChI=1S/C15H17BrO3/c1-4-11-12(9-6-5-7-10(16)8-9)19-14(18)15(2,3)13(11)17/h5-8,11-12H,4H2,1-3H3/t11-,12+/m1/s1. The van der Waals surface area contributed by atoms with Crippen molar-refractivity contribution >= 4 is 27.7 Å². The molecule has 0 spiro atoms. The van der Waals surface area contributed by atoms with Crippen LogP contribution in [0.2, 0.25) is 0 Å². The number of Topliss-reactive ketones (excluding diaryl/α,β-unsaturated/α-hetero) is 1. The molecule has 4 heteroatoms. The number of hydrogen-bond acceptors (Lipinski definition) is 3. The predicted octanol–water partition coefficient (Wildman–Crippen LogP) is 3.67. The number of rotatable bonds is 2. The van der Waals surface area contributed by atoms with Crippen LogP contribution in [0.4, 0.5) is 0 Å². The Bertz CT molecular complexity index is 522. The zero-order valence-electron chi connectivity index (χ0n) is 11.3. The van der Waals surface area contributed by atoms with Crippen molar-refractivity contribution in [3.05, 3.63) is 34.3 Å². The van der Waals surface area contributed by atoms with Gasteiger partial charge in [0.25, 0.3) is 0 Å². The molecule has 1 saturated heterocycles. The molecule has 2 rings (SSSR count). The summed E-state index contributed by atoms with van der Waals surface area (Å²) in [6.45, 7) is 5.22. The molecule has 0 amide bonds. The highest BCUT2D eigenvalue weighted by Gasteiger charge is 2.50. The Morgan fingerprint density at radius 1 is 1.32 bits per heavy atom. The quantitative estimate of drug-likeness (QED) is 0.615. The third kappa shape index (κ3) is 2.46. The fourth-order valence-corrected chi connectivity index (χ4v) is 2.85. The average Bonchev–Trinajstić information content (AvgIpc) is 2.36. The minimum atomic E-state index is -1.04. The van der Waals surface area contributed by atoms with E-state index in [1.54, 1.807) is 13.8 Å². The van der Waals surface area contributed by atoms with Gasteiger partial charge in [-0.1, -0.05) is 35.0 Å². The van der Waals surface area contributed by atoms with Gasteiger partial charge in [0, 0.05) is 4.47 Å². The van der Waals surface area contributed by atoms with Crippen LogP contribution >= 0.6 is 15.9 Å². The molecule has 0 saturated carbocycles. The van der Waals surface area contributed by atoms with Crippen LogP contribution in [0, 0.1) is 11.3 Å². The summed E-state index contributed by atoms with van der Waals surface area (Å²) in [6.07, 6.45) is 0.183. The number of esters is 1. The van der Waals surface area contributed by atoms with Crippen LogP contribution in [0.1, 0.15) is 38.9 Å². The van der Waals surface area contributed by atoms with Crippen LogP contribution in [-0.2, 0) is 14.3 Å². The topological polar surface area (TPSA) is 43.4 Å². The first-order valence-electron chi connectivity index (χ1n) is 6.38. The first-order valence-corrected chi connectivity index (χ1v) is 7.18. The van der Waals surface area contributed by atoms with Crippen molar-refractivity contribution in [3.63, 3.8) is 0 Å². The molecule has 0 aromatic heterocycles. The van der Waals surface area contributed by atoms with Crippen LogP contribution < -0.4 is 0 Å². The summed E-state index contributed by atoms with van der Waals surface area (Å²) in [6, 6.07) is 7.56. The normalized spacial score (nSPS) is 26.1. The van der Waals surface area contributed by atoms with E-state index in [0.717, 1.165) is 10.0 Å². The molecule has 1 aliphatic heterocycles. The Labute approximate surface area is 121 Å². The van der Waals surface area contributed by atoms with Gasteiger partial charge in [-0.25, -0.2) is 0 Å². The Balaban J connectivity index is 2.41. The van der Waals surface area contributed by atoms with Gasteiger partial charge in [0.15, 0.2) is 5.78 Å². The Hall–Kier alpha value is -1.16. The minimum absolute atomic E-state index is 0.0313. The number of carbonyl (C=O) groups is 2. The summed E-state index contributed by atoms with van der Waals surface area (Å²) in [4.78, 5) is 24.4. The second kappa shape index (κ2) is 5.08. The molecule has 0 N–H and O–H groups in total. The molecular formula is C15H17BrO3. The van der Waals surface area contributed by atoms with Gasteiger partial charge >= 0.3 is 5.97 Å². The molecule has 19 heavy (non-hydrogen) atoms. The smallest absolute Gasteiger partial charge is 0.319 e. The van der Waals surface area contributed by atoms with Crippen LogP contribution in [0.15, 0.2) is 28.7 Å². The van der Waals surface area contributed by atoms with E-state index in [-0.39, 0.29) is 11.7 Å². The van der Waals surface area contributed by atoms with E-state index >= 15 is 0 Å². The average molecular weight is 325 g/mol. The highest BCUT2D eigenvalue weighted by Crippen LogP contribution is 2.41. The maximum atomic E-state index is 12.4. The second-order valence-electron chi connectivity index (χ2n) is 5.38. The summed E-state index contributed by atoms with van der Waals surface area (Å²) in [5.74, 6) is -0.745. The first kappa shape index (κ1) is 14.3. The van der Waals surface area contributed by atoms with Crippen molar-refractivity contribution < 1.29 is 14.3 Å². The summed E-state index contributed by atoms with van der Waals surface area (Å²) in [7, 11) is 0. The van der Waals surface area contributed by atoms with E-state index in [9.17, 15) is 9.59 Å². The van der Waals surface area contributed by atoms with E-state index < -0.39 is 17.5 Å². The highest BCUT2D eigenvalue weighted by molar-refractivity contribution is 9.10. The zero-order chi connectivity index (χ0) is 14.2. The van der Waals surface area contributed by atoms with Crippen LogP contribution in [0.25, 0.3) is 0 Å². The summed E-state index contributed by atoms with van der Waals surface area (Å²) in [5.41, 5.74) is -0.179. The van der Waals surface area contributed by atoms with Gasteiger partial charge in [0.2, 0.25) is 0 Å². The predicted molar refractivity (Wildman–Crippen MR) is 75.5 cm³/mol. The van der Waals surface area contributed by atoms with Crippen molar-refractivity contribution in [2.24, 2.45) is 11.3 Å². The number of carbonyl (C=O) groups excluding carboxylic acids is 2. The monoisotopic (exact) mass is 324 g/mol. The fourth-order valence-electron chi connectivity index (χ4n) is 2.43. The molecule has 1 heterocycles. The molecule has 0 aliphatic carbocycles. The number of halogens is 1. The molecule has 102 valence electrons. The fraction of sp³-hybridized carbons (Fsp3) is 0.467. The highest BCUT2D eigenvalue weighted by atomic mass is 79.9. The summed E-state index contributed by atoms with van der Waals surface area (Å²) < 4.78 is 6.45. The number of ketones is 1. The molecule has 1 aromatic rings. The Kier molecular flexibility index (Phi) is 3.81. The molecule has 1 aromatic carbocycles. The van der Waals surface area contributed by atoms with Crippen LogP contribution in [0.3, 0.4) is 0 Å². The lowest BCUT2D eigenvalue weighted by Gasteiger charge is -2.37. The summed E-state index contributed by atoms with van der Waals surface area (Å²) in [5, 5.41) is 0. The summed E-state index contributed by atoms with van der Waals surface area (Å²) >= 11 is 3.40. The van der Waals surface area contributed by atoms with Gasteiger partial charge in [0.1, 0.15) is 11.5 Å². The van der Waals surface area contributed by atoms with Gasteiger partial charge in [-0.2, -0.15) is 0 Å². The molecule has 1 aliphatic rings. The number of benzene rings is 1. The van der Waals surface area contributed by atoms with Crippen molar-refractivity contribution in [1.29, 1.82) is 0 Å². The third-order valence-electron chi connectivity index (χ3n) is 3.68. The maximum Gasteiger partial charge on any atom is 0.319 e. The molecule has 0 radical (unpaired) electrons. The van der Waals surface area contributed by atoms with E-state index in [2.05, 4.69) is 15.9 Å². The van der Waals surface area contributed by atoms with E-state index in [1.165, 1.54) is 0 Å². The van der Waals surface area contributed by atoms with Gasteiger partial charge in [0.05, 0.1) is 5.92 Å². The van der Waals surface area contributed by atoms with E-state index in [0.29, 0.717) is 6.42 Å². The Morgan fingerprint density at radius 3 is 2.58 bits per heavy atom. The maximum absolute atomic E-state index is 12.4. The van der Waals surface area contributed by atoms with Crippen LogP contribution in [0.5, 0.6) is 0 Å². The number of cyclic esters (lactones) is 1. The number of hydrogen-bond donors (Lipinski definition) is 0. The largest absolute Gasteiger partial charge is 0.456 e. The van der Waals surface area contributed by atoms with Crippen molar-refractivity contribution in [3.8, 4) is 0 Å². The lowest BCUT2D eigenvalue weighted by Crippen LogP contribution is -2.47. The third-order valence-corrected chi connectivity index (χ3v) is 4.17. The molecule has 0 bridgehead atoms. The van der Waals surface area contributed by atoms with Crippen LogP contribution in [-0.4, -0.2) is 11.8 Å². The van der Waals surface area contributed by atoms with Gasteiger partial charge in [-0.05, 0) is 38.0 Å². The van der Waals surface area contributed by atoms with E-state index in [4.69, 9.17) is 4.74 Å². The first-order chi connectivity index (χ1) is 8.87. The molecule has 2 atom stereocenters. The van der Waals surface area contributed by atoms with Gasteiger partial charge in [-0.3, -0.25) is 9.59 Å². The molecule has 1 fully saturated rings. The SMILES string of the molecule is CC[C@H]1C(=O)C(C)(C)C(=O)O[C@H]1c1cccc(Br)c1. The lowest BCUT2D eigenvalue weighted by atomic mass is 9.74. The van der Waals surface area contributed by atoms with Crippen molar-refractivity contribution in [2.45, 2.75) is 33.3 Å². The lowest BCUT2D eigenvalue weighted by molar-refractivity contribution is -0.179. The van der Waals surface area contributed by atoms with E-state index in [1.807, 2.05) is 31.2 Å². The second-order valence-corrected chi connectivity index (χ2v) is 6.30. The molecule has 0 unspecified atom stereocenters. The molecule has 3 nitrogen and oxygen atoms in total. The number of ether oxygens (including phenoxy) is 1. The van der Waals surface area contributed by atoms with Crippen molar-refractivity contribution in [1.82, 2.24) is 0 Å². The minimum Gasteiger partial charge on any atom is -0.456 e.